The molecular formula is C15H18O2. The average molecular weight is 230 g/mol. The molecular weight excluding hydrogens is 212 g/mol. The molecule has 0 aliphatic rings. The van der Waals surface area contributed by atoms with Crippen molar-refractivity contribution >= 4 is 12.0 Å². The molecule has 0 spiro atoms. The molecule has 1 unspecified atom stereocenters. The minimum Gasteiger partial charge on any atom is -0.478 e. The Labute approximate surface area is 102 Å². The fourth-order valence-corrected chi connectivity index (χ4v) is 1.48. The molecule has 1 aromatic rings. The first-order valence-electron chi connectivity index (χ1n) is 5.81. The monoisotopic (exact) mass is 230 g/mol. The summed E-state index contributed by atoms with van der Waals surface area (Å²) in [6.45, 7) is 2.13. The molecule has 0 aliphatic carbocycles. The van der Waals surface area contributed by atoms with Crippen LogP contribution < -0.4 is 0 Å². The number of hydrogen-bond donors (Lipinski definition) is 1. The molecule has 2 nitrogen and oxygen atoms in total. The van der Waals surface area contributed by atoms with Gasteiger partial charge < -0.3 is 5.11 Å². The van der Waals surface area contributed by atoms with Crippen molar-refractivity contribution in [1.82, 2.24) is 0 Å². The van der Waals surface area contributed by atoms with Crippen LogP contribution in [0.4, 0.5) is 0 Å². The molecule has 1 aromatic carbocycles. The zero-order valence-electron chi connectivity index (χ0n) is 10.0. The fraction of sp³-hybridized carbons (Fsp3) is 0.267. The van der Waals surface area contributed by atoms with Crippen LogP contribution in [0.25, 0.3) is 6.08 Å². The van der Waals surface area contributed by atoms with E-state index in [1.54, 1.807) is 6.08 Å². The summed E-state index contributed by atoms with van der Waals surface area (Å²) in [7, 11) is 0. The number of rotatable bonds is 6. The van der Waals surface area contributed by atoms with E-state index < -0.39 is 5.97 Å². The van der Waals surface area contributed by atoms with E-state index >= 15 is 0 Å². The van der Waals surface area contributed by atoms with Gasteiger partial charge in [0.1, 0.15) is 0 Å². The summed E-state index contributed by atoms with van der Waals surface area (Å²) in [4.78, 5) is 10.3. The van der Waals surface area contributed by atoms with Crippen LogP contribution in [-0.2, 0) is 4.79 Å². The van der Waals surface area contributed by atoms with Gasteiger partial charge >= 0.3 is 5.97 Å². The summed E-state index contributed by atoms with van der Waals surface area (Å²) in [6.07, 6.45) is 8.93. The fourth-order valence-electron chi connectivity index (χ4n) is 1.48. The van der Waals surface area contributed by atoms with Crippen LogP contribution >= 0.6 is 0 Å². The van der Waals surface area contributed by atoms with Gasteiger partial charge in [-0.25, -0.2) is 4.79 Å². The summed E-state index contributed by atoms with van der Waals surface area (Å²) in [6, 6.07) is 10.2. The van der Waals surface area contributed by atoms with E-state index in [0.717, 1.165) is 12.8 Å². The second-order valence-corrected chi connectivity index (χ2v) is 4.07. The van der Waals surface area contributed by atoms with Gasteiger partial charge in [-0.05, 0) is 24.3 Å². The Hall–Kier alpha value is -1.83. The first kappa shape index (κ1) is 13.2. The van der Waals surface area contributed by atoms with Crippen LogP contribution in [0.1, 0.15) is 25.3 Å². The van der Waals surface area contributed by atoms with Crippen molar-refractivity contribution in [2.75, 3.05) is 0 Å². The number of hydrogen-bond acceptors (Lipinski definition) is 1. The van der Waals surface area contributed by atoms with Gasteiger partial charge in [-0.3, -0.25) is 0 Å². The van der Waals surface area contributed by atoms with E-state index in [1.165, 1.54) is 11.6 Å². The Morgan fingerprint density at radius 3 is 2.71 bits per heavy atom. The number of carboxylic acid groups (broad SMARTS) is 1. The van der Waals surface area contributed by atoms with Crippen LogP contribution in [0.2, 0.25) is 0 Å². The van der Waals surface area contributed by atoms with Crippen LogP contribution in [0.5, 0.6) is 0 Å². The molecule has 0 fully saturated rings. The zero-order valence-corrected chi connectivity index (χ0v) is 10.0. The van der Waals surface area contributed by atoms with Crippen molar-refractivity contribution in [3.8, 4) is 0 Å². The molecule has 0 amide bonds. The smallest absolute Gasteiger partial charge is 0.327 e. The number of aliphatic carboxylic acids is 1. The minimum atomic E-state index is -0.877. The van der Waals surface area contributed by atoms with E-state index in [-0.39, 0.29) is 0 Å². The second kappa shape index (κ2) is 7.44. The Kier molecular flexibility index (Phi) is 5.80. The van der Waals surface area contributed by atoms with Crippen molar-refractivity contribution in [2.24, 2.45) is 5.92 Å². The van der Waals surface area contributed by atoms with Gasteiger partial charge in [0.05, 0.1) is 0 Å². The predicted molar refractivity (Wildman–Crippen MR) is 70.6 cm³/mol. The molecule has 2 heteroatoms. The van der Waals surface area contributed by atoms with Gasteiger partial charge in [0.25, 0.3) is 0 Å². The van der Waals surface area contributed by atoms with Gasteiger partial charge in [-0.15, -0.1) is 0 Å². The molecule has 0 radical (unpaired) electrons. The van der Waals surface area contributed by atoms with Gasteiger partial charge in [-0.2, -0.15) is 0 Å². The molecule has 90 valence electrons. The number of carboxylic acids is 1. The molecule has 0 saturated carbocycles. The van der Waals surface area contributed by atoms with Crippen molar-refractivity contribution in [3.63, 3.8) is 0 Å². The molecule has 1 rings (SSSR count). The van der Waals surface area contributed by atoms with Crippen LogP contribution in [0, 0.1) is 5.92 Å². The molecule has 0 saturated heterocycles. The van der Waals surface area contributed by atoms with Gasteiger partial charge in [0, 0.05) is 6.08 Å². The quantitative estimate of drug-likeness (QED) is 0.755. The van der Waals surface area contributed by atoms with Crippen LogP contribution in [0.15, 0.2) is 48.6 Å². The maximum atomic E-state index is 10.3. The topological polar surface area (TPSA) is 37.3 Å². The largest absolute Gasteiger partial charge is 0.478 e. The highest BCUT2D eigenvalue weighted by molar-refractivity contribution is 5.79. The van der Waals surface area contributed by atoms with Crippen molar-refractivity contribution in [1.29, 1.82) is 0 Å². The van der Waals surface area contributed by atoms with Crippen LogP contribution in [-0.4, -0.2) is 11.1 Å². The summed E-state index contributed by atoms with van der Waals surface area (Å²) < 4.78 is 0. The van der Waals surface area contributed by atoms with E-state index in [1.807, 2.05) is 18.2 Å². The normalized spacial score (nSPS) is 13.2. The first-order chi connectivity index (χ1) is 8.18. The maximum absolute atomic E-state index is 10.3. The minimum absolute atomic E-state index is 0.452. The third kappa shape index (κ3) is 6.36. The Morgan fingerprint density at radius 2 is 2.06 bits per heavy atom. The van der Waals surface area contributed by atoms with E-state index in [0.29, 0.717) is 5.92 Å². The van der Waals surface area contributed by atoms with Gasteiger partial charge in [0.2, 0.25) is 0 Å². The summed E-state index contributed by atoms with van der Waals surface area (Å²) >= 11 is 0. The number of benzene rings is 1. The van der Waals surface area contributed by atoms with Gasteiger partial charge in [-0.1, -0.05) is 55.5 Å². The predicted octanol–water partition coefficient (Wildman–Crippen LogP) is 3.76. The number of carbonyl (C=O) groups is 1. The van der Waals surface area contributed by atoms with E-state index in [4.69, 9.17) is 5.11 Å². The highest BCUT2D eigenvalue weighted by atomic mass is 16.4. The second-order valence-electron chi connectivity index (χ2n) is 4.07. The van der Waals surface area contributed by atoms with Crippen molar-refractivity contribution in [3.05, 3.63) is 54.1 Å². The molecule has 0 aromatic heterocycles. The first-order valence-corrected chi connectivity index (χ1v) is 5.81. The lowest BCUT2D eigenvalue weighted by atomic mass is 10.0. The molecule has 17 heavy (non-hydrogen) atoms. The third-order valence-electron chi connectivity index (χ3n) is 2.47. The van der Waals surface area contributed by atoms with E-state index in [2.05, 4.69) is 31.2 Å². The summed E-state index contributed by atoms with van der Waals surface area (Å²) in [5.41, 5.74) is 1.19. The lowest BCUT2D eigenvalue weighted by Gasteiger charge is -2.02. The zero-order chi connectivity index (χ0) is 12.5. The number of allylic oxidation sites excluding steroid dienone is 2. The lowest BCUT2D eigenvalue weighted by molar-refractivity contribution is -0.131. The molecule has 1 atom stereocenters. The highest BCUT2D eigenvalue weighted by Gasteiger charge is 1.95. The lowest BCUT2D eigenvalue weighted by Crippen LogP contribution is -1.89. The van der Waals surface area contributed by atoms with Crippen molar-refractivity contribution in [2.45, 2.75) is 19.8 Å². The highest BCUT2D eigenvalue weighted by Crippen LogP contribution is 2.10. The average Bonchev–Trinajstić information content (AvgIpc) is 2.33. The van der Waals surface area contributed by atoms with Crippen molar-refractivity contribution < 1.29 is 9.90 Å². The molecule has 0 heterocycles. The standard InChI is InChI=1S/C15H18O2/c1-13(7-5-6-10-15(16)17)11-12-14-8-3-2-4-9-14/h2-4,6,8-13H,5,7H2,1H3,(H,16,17)/b10-6+,12-11+. The Morgan fingerprint density at radius 1 is 1.35 bits per heavy atom. The summed E-state index contributed by atoms with van der Waals surface area (Å²) in [5, 5.41) is 8.43. The van der Waals surface area contributed by atoms with Crippen LogP contribution in [0.3, 0.4) is 0 Å². The third-order valence-corrected chi connectivity index (χ3v) is 2.47. The Balaban J connectivity index is 2.32. The maximum Gasteiger partial charge on any atom is 0.327 e. The molecule has 0 aliphatic heterocycles. The van der Waals surface area contributed by atoms with Gasteiger partial charge in [0.15, 0.2) is 0 Å². The molecule has 1 N–H and O–H groups in total. The summed E-state index contributed by atoms with van der Waals surface area (Å²) in [5.74, 6) is -0.425. The SMILES string of the molecule is CC(/C=C/c1ccccc1)CC/C=C/C(=O)O. The Bertz CT molecular complexity index is 391. The van der Waals surface area contributed by atoms with E-state index in [9.17, 15) is 4.79 Å². The molecule has 0 bridgehead atoms.